The maximum absolute atomic E-state index is 15.9. The largest absolute Gasteiger partial charge is 0.353 e. The minimum Gasteiger partial charge on any atom is -0.353 e. The lowest BCUT2D eigenvalue weighted by molar-refractivity contribution is -0.386. The van der Waals surface area contributed by atoms with Crippen LogP contribution in [0.3, 0.4) is 0 Å². The third kappa shape index (κ3) is 3.44. The van der Waals surface area contributed by atoms with Crippen LogP contribution in [0.1, 0.15) is 34.1 Å². The van der Waals surface area contributed by atoms with E-state index in [2.05, 4.69) is 10.1 Å². The van der Waals surface area contributed by atoms with Crippen molar-refractivity contribution in [3.63, 3.8) is 0 Å². The summed E-state index contributed by atoms with van der Waals surface area (Å²) in [5.41, 5.74) is 0.965. The molecule has 4 aliphatic heterocycles. The summed E-state index contributed by atoms with van der Waals surface area (Å²) in [6, 6.07) is 34.0. The Bertz CT molecular complexity index is 2140. The SMILES string of the molecule is Cc1noc([C@@H]2C3CSCN3[C@]3(C(=O)N(c4ccccc4)c4ccccc43)[C@@]23C(=O)N(Cc2ccccc2)c2ccccc23)c1[N+](=O)[O-]. The van der Waals surface area contributed by atoms with Gasteiger partial charge in [0.25, 0.3) is 5.91 Å². The molecule has 0 bridgehead atoms. The van der Waals surface area contributed by atoms with Crippen molar-refractivity contribution in [3.05, 3.63) is 147 Å². The van der Waals surface area contributed by atoms with Crippen LogP contribution in [0, 0.1) is 17.0 Å². The molecule has 10 nitrogen and oxygen atoms in total. The number of benzene rings is 4. The van der Waals surface area contributed by atoms with Gasteiger partial charge in [-0.3, -0.25) is 29.5 Å². The molecule has 1 unspecified atom stereocenters. The lowest BCUT2D eigenvalue weighted by Gasteiger charge is -2.44. The van der Waals surface area contributed by atoms with Crippen LogP contribution >= 0.6 is 11.8 Å². The van der Waals surface area contributed by atoms with E-state index >= 15 is 9.59 Å². The van der Waals surface area contributed by atoms with Gasteiger partial charge in [-0.05, 0) is 42.3 Å². The molecule has 4 aliphatic rings. The summed E-state index contributed by atoms with van der Waals surface area (Å²) < 4.78 is 5.97. The van der Waals surface area contributed by atoms with Gasteiger partial charge < -0.3 is 9.42 Å². The molecular weight excluding hydrogens is 627 g/mol. The van der Waals surface area contributed by atoms with Crippen molar-refractivity contribution < 1.29 is 19.0 Å². The van der Waals surface area contributed by atoms with Crippen molar-refractivity contribution in [2.24, 2.45) is 0 Å². The van der Waals surface area contributed by atoms with Crippen molar-refractivity contribution in [2.45, 2.75) is 36.4 Å². The molecule has 2 amide bonds. The number of fused-ring (bicyclic) bond motifs is 7. The number of carbonyl (C=O) groups excluding carboxylic acids is 2. The fourth-order valence-corrected chi connectivity index (χ4v) is 10.2. The second-order valence-corrected chi connectivity index (χ2v) is 13.7. The third-order valence-corrected chi connectivity index (χ3v) is 11.6. The monoisotopic (exact) mass is 655 g/mol. The van der Waals surface area contributed by atoms with E-state index in [4.69, 9.17) is 4.52 Å². The highest BCUT2D eigenvalue weighted by atomic mass is 32.2. The quantitative estimate of drug-likeness (QED) is 0.158. The van der Waals surface area contributed by atoms with E-state index < -0.39 is 27.8 Å². The molecule has 0 radical (unpaired) electrons. The molecule has 11 heteroatoms. The molecule has 238 valence electrons. The number of hydrogen-bond acceptors (Lipinski definition) is 8. The van der Waals surface area contributed by atoms with Crippen LogP contribution in [0.4, 0.5) is 22.7 Å². The molecule has 2 fully saturated rings. The lowest BCUT2D eigenvalue weighted by Crippen LogP contribution is -2.63. The van der Waals surface area contributed by atoms with Gasteiger partial charge in [0.1, 0.15) is 11.0 Å². The maximum atomic E-state index is 15.9. The molecule has 9 rings (SSSR count). The number of aryl methyl sites for hydroxylation is 1. The normalized spacial score (nSPS) is 25.7. The molecular formula is C37H29N5O5S. The van der Waals surface area contributed by atoms with Gasteiger partial charge >= 0.3 is 5.69 Å². The number of anilines is 3. The molecule has 2 saturated heterocycles. The Morgan fingerprint density at radius 1 is 0.875 bits per heavy atom. The summed E-state index contributed by atoms with van der Waals surface area (Å²) in [5.74, 6) is -0.455. The van der Waals surface area contributed by atoms with Gasteiger partial charge in [-0.15, -0.1) is 11.8 Å². The van der Waals surface area contributed by atoms with Crippen LogP contribution in [0.15, 0.2) is 114 Å². The molecule has 0 saturated carbocycles. The van der Waals surface area contributed by atoms with E-state index in [0.29, 0.717) is 39.8 Å². The molecule has 48 heavy (non-hydrogen) atoms. The zero-order valence-electron chi connectivity index (χ0n) is 25.9. The number of rotatable bonds is 5. The molecule has 5 heterocycles. The number of nitro groups is 1. The first-order valence-electron chi connectivity index (χ1n) is 15.8. The second-order valence-electron chi connectivity index (χ2n) is 12.7. The number of carbonyl (C=O) groups is 2. The molecule has 5 aromatic rings. The van der Waals surface area contributed by atoms with E-state index in [9.17, 15) is 10.1 Å². The summed E-state index contributed by atoms with van der Waals surface area (Å²) in [5, 5.41) is 16.8. The lowest BCUT2D eigenvalue weighted by atomic mass is 9.58. The zero-order chi connectivity index (χ0) is 32.8. The van der Waals surface area contributed by atoms with E-state index in [1.54, 1.807) is 28.5 Å². The Labute approximate surface area is 280 Å². The Morgan fingerprint density at radius 3 is 2.25 bits per heavy atom. The minimum atomic E-state index is -1.64. The number of thioether (sulfide) groups is 1. The Morgan fingerprint density at radius 2 is 1.52 bits per heavy atom. The molecule has 4 atom stereocenters. The standard InChI is InChI=1S/C37H29N5O5S/c1-23-32(42(45)46)33(47-38-23)31-30-21-48-22-40(30)37(27-17-9-11-19-29(27)41(35(37)44)25-14-6-3-7-15-25)36(31)26-16-8-10-18-28(26)39(34(36)43)20-24-12-4-2-5-13-24/h2-19,30-31H,20-22H2,1H3/t30?,31-,36+,37+/m0/s1. The van der Waals surface area contributed by atoms with Gasteiger partial charge in [-0.25, -0.2) is 0 Å². The smallest absolute Gasteiger partial charge is 0.334 e. The van der Waals surface area contributed by atoms with E-state index in [1.807, 2.05) is 109 Å². The fraction of sp³-hybridized carbons (Fsp3) is 0.216. The summed E-state index contributed by atoms with van der Waals surface area (Å²) in [4.78, 5) is 49.6. The highest BCUT2D eigenvalue weighted by Gasteiger charge is 2.83. The van der Waals surface area contributed by atoms with Gasteiger partial charge in [0.15, 0.2) is 5.69 Å². The minimum absolute atomic E-state index is 0.0278. The summed E-state index contributed by atoms with van der Waals surface area (Å²) in [7, 11) is 0. The highest BCUT2D eigenvalue weighted by Crippen LogP contribution is 2.72. The van der Waals surface area contributed by atoms with Crippen LogP contribution in [0.25, 0.3) is 0 Å². The van der Waals surface area contributed by atoms with E-state index in [-0.39, 0.29) is 35.5 Å². The summed E-state index contributed by atoms with van der Waals surface area (Å²) in [6.07, 6.45) is 0. The van der Waals surface area contributed by atoms with Crippen molar-refractivity contribution in [1.29, 1.82) is 0 Å². The third-order valence-electron chi connectivity index (χ3n) is 10.5. The zero-order valence-corrected chi connectivity index (χ0v) is 26.7. The molecule has 4 aromatic carbocycles. The second kappa shape index (κ2) is 10.4. The first-order chi connectivity index (χ1) is 23.4. The number of hydrogen-bond donors (Lipinski definition) is 0. The predicted molar refractivity (Wildman–Crippen MR) is 181 cm³/mol. The van der Waals surface area contributed by atoms with Gasteiger partial charge in [0, 0.05) is 34.6 Å². The average molecular weight is 656 g/mol. The summed E-state index contributed by atoms with van der Waals surface area (Å²) in [6.45, 7) is 1.80. The summed E-state index contributed by atoms with van der Waals surface area (Å²) >= 11 is 1.65. The topological polar surface area (TPSA) is 113 Å². The van der Waals surface area contributed by atoms with Crippen LogP contribution in [0.5, 0.6) is 0 Å². The predicted octanol–water partition coefficient (Wildman–Crippen LogP) is 6.42. The first-order valence-corrected chi connectivity index (χ1v) is 17.0. The maximum Gasteiger partial charge on any atom is 0.334 e. The molecule has 0 aliphatic carbocycles. The van der Waals surface area contributed by atoms with Gasteiger partial charge in [-0.1, -0.05) is 90.1 Å². The Hall–Kier alpha value is -5.26. The molecule has 1 aromatic heterocycles. The van der Waals surface area contributed by atoms with Crippen LogP contribution in [0.2, 0.25) is 0 Å². The van der Waals surface area contributed by atoms with E-state index in [0.717, 1.165) is 5.56 Å². The first kappa shape index (κ1) is 28.9. The Balaban J connectivity index is 1.41. The van der Waals surface area contributed by atoms with Crippen LogP contribution in [-0.2, 0) is 27.1 Å². The van der Waals surface area contributed by atoms with Gasteiger partial charge in [-0.2, -0.15) is 0 Å². The van der Waals surface area contributed by atoms with E-state index in [1.165, 1.54) is 0 Å². The van der Waals surface area contributed by atoms with Crippen molar-refractivity contribution in [3.8, 4) is 0 Å². The number of para-hydroxylation sites is 3. The number of aromatic nitrogens is 1. The number of nitrogens with zero attached hydrogens (tertiary/aromatic N) is 5. The molecule has 2 spiro atoms. The number of amides is 2. The van der Waals surface area contributed by atoms with Gasteiger partial charge in [0.05, 0.1) is 23.1 Å². The van der Waals surface area contributed by atoms with Crippen LogP contribution < -0.4 is 9.80 Å². The average Bonchev–Trinajstić information content (AvgIpc) is 3.89. The fourth-order valence-electron chi connectivity index (χ4n) is 8.91. The van der Waals surface area contributed by atoms with Gasteiger partial charge in [0.2, 0.25) is 11.7 Å². The van der Waals surface area contributed by atoms with Crippen molar-refractivity contribution in [1.82, 2.24) is 10.1 Å². The van der Waals surface area contributed by atoms with Crippen LogP contribution in [-0.4, -0.2) is 44.5 Å². The highest BCUT2D eigenvalue weighted by molar-refractivity contribution is 7.99. The van der Waals surface area contributed by atoms with Crippen molar-refractivity contribution in [2.75, 3.05) is 21.4 Å². The Kier molecular flexibility index (Phi) is 6.25. The molecule has 0 N–H and O–H groups in total. The van der Waals surface area contributed by atoms with Crippen molar-refractivity contribution >= 4 is 46.3 Å².